The lowest BCUT2D eigenvalue weighted by Gasteiger charge is -2.23. The molecule has 0 spiro atoms. The average Bonchev–Trinajstić information content (AvgIpc) is 3.62. The third-order valence-electron chi connectivity index (χ3n) is 8.10. The lowest BCUT2D eigenvalue weighted by Crippen LogP contribution is -2.34. The fraction of sp³-hybridized carbons (Fsp3) is 0.242. The molecule has 0 unspecified atom stereocenters. The number of benzene rings is 3. The van der Waals surface area contributed by atoms with Crippen molar-refractivity contribution in [3.63, 3.8) is 0 Å². The number of para-hydroxylation sites is 1. The molecule has 1 saturated carbocycles. The molecule has 202 valence electrons. The van der Waals surface area contributed by atoms with E-state index in [1.165, 1.54) is 4.90 Å². The smallest absolute Gasteiger partial charge is 0.340 e. The minimum atomic E-state index is -0.557. The van der Waals surface area contributed by atoms with E-state index in [1.807, 2.05) is 48.5 Å². The van der Waals surface area contributed by atoms with Crippen LogP contribution in [0.2, 0.25) is 0 Å². The zero-order chi connectivity index (χ0) is 28.0. The molecular weight excluding hydrogens is 506 g/mol. The van der Waals surface area contributed by atoms with Gasteiger partial charge in [0.25, 0.3) is 0 Å². The Bertz CT molecular complexity index is 1470. The number of methoxy groups -OCH3 is 2. The quantitative estimate of drug-likeness (QED) is 0.232. The van der Waals surface area contributed by atoms with E-state index in [1.54, 1.807) is 45.4 Å². The van der Waals surface area contributed by atoms with Gasteiger partial charge in [0.15, 0.2) is 0 Å². The highest BCUT2D eigenvalue weighted by atomic mass is 16.5. The van der Waals surface area contributed by atoms with Gasteiger partial charge in [-0.1, -0.05) is 48.6 Å². The fourth-order valence-corrected chi connectivity index (χ4v) is 6.40. The van der Waals surface area contributed by atoms with Gasteiger partial charge < -0.3 is 14.2 Å². The molecule has 40 heavy (non-hydrogen) atoms. The normalized spacial score (nSPS) is 22.5. The molecule has 4 atom stereocenters. The molecule has 3 aromatic carbocycles. The first-order valence-corrected chi connectivity index (χ1v) is 13.3. The number of hydrogen-bond donors (Lipinski definition) is 0. The Morgan fingerprint density at radius 1 is 0.750 bits per heavy atom. The molecule has 2 aliphatic carbocycles. The number of carbonyl (C=O) groups excluding carboxylic acids is 3. The summed E-state index contributed by atoms with van der Waals surface area (Å²) in [7, 11) is 3.26. The zero-order valence-electron chi connectivity index (χ0n) is 22.5. The molecule has 0 N–H and O–H groups in total. The predicted octanol–water partition coefficient (Wildman–Crippen LogP) is 5.30. The predicted molar refractivity (Wildman–Crippen MR) is 150 cm³/mol. The molecular formula is C33H29NO6. The number of ether oxygens (including phenoxy) is 3. The van der Waals surface area contributed by atoms with Crippen LogP contribution in [0.3, 0.4) is 0 Å². The van der Waals surface area contributed by atoms with Gasteiger partial charge in [-0.05, 0) is 65.6 Å². The molecule has 1 saturated heterocycles. The summed E-state index contributed by atoms with van der Waals surface area (Å²) in [5.41, 5.74) is 4.50. The maximum atomic E-state index is 14.0. The van der Waals surface area contributed by atoms with Crippen molar-refractivity contribution in [2.75, 3.05) is 25.7 Å². The topological polar surface area (TPSA) is 82.1 Å². The van der Waals surface area contributed by atoms with Crippen molar-refractivity contribution >= 4 is 29.0 Å². The summed E-state index contributed by atoms with van der Waals surface area (Å²) in [5, 5.41) is 0. The number of imide groups is 1. The van der Waals surface area contributed by atoms with Crippen molar-refractivity contribution in [2.24, 2.45) is 23.7 Å². The van der Waals surface area contributed by atoms with Gasteiger partial charge in [-0.3, -0.25) is 9.59 Å². The molecule has 2 amide bonds. The number of carbonyl (C=O) groups is 3. The number of esters is 1. The molecule has 2 fully saturated rings. The SMILES string of the molecule is CCOC(=O)c1ccccc1N1C(=O)[C@@H]2[C@H](C1=O)[C@H]1C=C[C@H]2C1=C(c1ccc(OC)cc1)c1ccc(OC)cc1. The van der Waals surface area contributed by atoms with Crippen LogP contribution in [0, 0.1) is 23.7 Å². The monoisotopic (exact) mass is 535 g/mol. The zero-order valence-corrected chi connectivity index (χ0v) is 22.5. The second kappa shape index (κ2) is 10.2. The largest absolute Gasteiger partial charge is 0.497 e. The maximum Gasteiger partial charge on any atom is 0.340 e. The summed E-state index contributed by atoms with van der Waals surface area (Å²) >= 11 is 0. The molecule has 7 nitrogen and oxygen atoms in total. The summed E-state index contributed by atoms with van der Waals surface area (Å²) in [6.07, 6.45) is 4.11. The summed E-state index contributed by atoms with van der Waals surface area (Å²) in [6, 6.07) is 22.3. The Labute approximate surface area is 232 Å². The molecule has 7 heteroatoms. The van der Waals surface area contributed by atoms with Gasteiger partial charge in [-0.15, -0.1) is 0 Å². The second-order valence-electron chi connectivity index (χ2n) is 10.0. The van der Waals surface area contributed by atoms with Crippen LogP contribution in [-0.2, 0) is 14.3 Å². The third-order valence-corrected chi connectivity index (χ3v) is 8.10. The van der Waals surface area contributed by atoms with Gasteiger partial charge in [0.1, 0.15) is 11.5 Å². The van der Waals surface area contributed by atoms with Crippen molar-refractivity contribution in [3.05, 3.63) is 107 Å². The summed E-state index contributed by atoms with van der Waals surface area (Å²) < 4.78 is 16.0. The van der Waals surface area contributed by atoms with Gasteiger partial charge >= 0.3 is 5.97 Å². The molecule has 3 aromatic rings. The molecule has 0 aromatic heterocycles. The highest BCUT2D eigenvalue weighted by Crippen LogP contribution is 2.59. The van der Waals surface area contributed by atoms with Crippen molar-refractivity contribution in [1.29, 1.82) is 0 Å². The number of rotatable bonds is 7. The van der Waals surface area contributed by atoms with Gasteiger partial charge in [-0.2, -0.15) is 0 Å². The van der Waals surface area contributed by atoms with E-state index in [4.69, 9.17) is 14.2 Å². The number of amides is 2. The van der Waals surface area contributed by atoms with Crippen molar-refractivity contribution < 1.29 is 28.6 Å². The van der Waals surface area contributed by atoms with Crippen molar-refractivity contribution in [2.45, 2.75) is 6.92 Å². The Morgan fingerprint density at radius 2 is 1.25 bits per heavy atom. The van der Waals surface area contributed by atoms with Gasteiger partial charge in [0.05, 0.1) is 43.9 Å². The van der Waals surface area contributed by atoms with E-state index in [2.05, 4.69) is 12.2 Å². The maximum absolute atomic E-state index is 14.0. The Morgan fingerprint density at radius 3 is 1.73 bits per heavy atom. The Hall–Kier alpha value is -4.65. The van der Waals surface area contributed by atoms with Crippen molar-refractivity contribution in [3.8, 4) is 11.5 Å². The molecule has 6 rings (SSSR count). The number of anilines is 1. The van der Waals surface area contributed by atoms with Crippen LogP contribution in [0.25, 0.3) is 5.57 Å². The molecule has 3 aliphatic rings. The minimum Gasteiger partial charge on any atom is -0.497 e. The molecule has 1 aliphatic heterocycles. The standard InChI is InChI=1S/C33H29NO6/c1-4-40-33(37)23-7-5-6-8-26(23)34-31(35)29-24-17-18-25(30(29)32(34)36)28(24)27(19-9-13-21(38-2)14-10-19)20-11-15-22(39-3)16-12-20/h5-18,24-25,29-30H,4H2,1-3H3/t24-,25-,29-,30+/m0/s1. The number of fused-ring (bicyclic) bond motifs is 5. The van der Waals surface area contributed by atoms with E-state index >= 15 is 0 Å². The lowest BCUT2D eigenvalue weighted by atomic mass is 9.85. The van der Waals surface area contributed by atoms with E-state index in [0.717, 1.165) is 33.8 Å². The molecule has 0 radical (unpaired) electrons. The van der Waals surface area contributed by atoms with E-state index in [-0.39, 0.29) is 41.5 Å². The van der Waals surface area contributed by atoms with Crippen LogP contribution in [0.1, 0.15) is 28.4 Å². The fourth-order valence-electron chi connectivity index (χ4n) is 6.40. The first-order valence-electron chi connectivity index (χ1n) is 13.3. The Balaban J connectivity index is 1.45. The highest BCUT2D eigenvalue weighted by molar-refractivity contribution is 6.25. The Kier molecular flexibility index (Phi) is 6.50. The molecule has 1 heterocycles. The summed E-state index contributed by atoms with van der Waals surface area (Å²) in [6.45, 7) is 1.92. The van der Waals surface area contributed by atoms with Gasteiger partial charge in [-0.25, -0.2) is 9.69 Å². The molecule has 2 bridgehead atoms. The number of hydrogen-bond acceptors (Lipinski definition) is 6. The average molecular weight is 536 g/mol. The van der Waals surface area contributed by atoms with Crippen molar-refractivity contribution in [1.82, 2.24) is 0 Å². The summed E-state index contributed by atoms with van der Waals surface area (Å²) in [4.78, 5) is 41.8. The van der Waals surface area contributed by atoms with Crippen LogP contribution < -0.4 is 14.4 Å². The first-order chi connectivity index (χ1) is 19.5. The lowest BCUT2D eigenvalue weighted by molar-refractivity contribution is -0.122. The second-order valence-corrected chi connectivity index (χ2v) is 10.0. The van der Waals surface area contributed by atoms with Crippen LogP contribution in [0.15, 0.2) is 90.5 Å². The van der Waals surface area contributed by atoms with E-state index < -0.39 is 17.8 Å². The number of allylic oxidation sites excluding steroid dienone is 3. The van der Waals surface area contributed by atoms with Gasteiger partial charge in [0, 0.05) is 11.8 Å². The minimum absolute atomic E-state index is 0.196. The van der Waals surface area contributed by atoms with Crippen LogP contribution in [-0.4, -0.2) is 38.6 Å². The summed E-state index contributed by atoms with van der Waals surface area (Å²) in [5.74, 6) is -1.22. The number of nitrogens with zero attached hydrogens (tertiary/aromatic N) is 1. The van der Waals surface area contributed by atoms with Crippen LogP contribution in [0.4, 0.5) is 5.69 Å². The third kappa shape index (κ3) is 3.92. The van der Waals surface area contributed by atoms with E-state index in [0.29, 0.717) is 0 Å². The van der Waals surface area contributed by atoms with Crippen LogP contribution >= 0.6 is 0 Å². The van der Waals surface area contributed by atoms with E-state index in [9.17, 15) is 14.4 Å². The highest BCUT2D eigenvalue weighted by Gasteiger charge is 2.62. The van der Waals surface area contributed by atoms with Crippen LogP contribution in [0.5, 0.6) is 11.5 Å². The van der Waals surface area contributed by atoms with Gasteiger partial charge in [0.2, 0.25) is 11.8 Å². The first kappa shape index (κ1) is 25.6.